The molecule has 0 aliphatic rings. The van der Waals surface area contributed by atoms with Crippen molar-refractivity contribution in [2.75, 3.05) is 0 Å². The molecule has 94 valence electrons. The van der Waals surface area contributed by atoms with E-state index in [4.69, 9.17) is 5.73 Å². The number of halogens is 1. The predicted molar refractivity (Wildman–Crippen MR) is 71.4 cm³/mol. The van der Waals surface area contributed by atoms with Crippen LogP contribution in [-0.2, 0) is 13.0 Å². The molecule has 0 spiro atoms. The normalized spacial score (nSPS) is 10.6. The second-order valence-electron chi connectivity index (χ2n) is 3.86. The number of H-pyrrole nitrogens is 1. The van der Waals surface area contributed by atoms with E-state index in [2.05, 4.69) is 21.0 Å². The van der Waals surface area contributed by atoms with Gasteiger partial charge < -0.3 is 5.73 Å². The van der Waals surface area contributed by atoms with Crippen LogP contribution < -0.4 is 11.3 Å². The third-order valence-electron chi connectivity index (χ3n) is 2.49. The van der Waals surface area contributed by atoms with Gasteiger partial charge in [0.1, 0.15) is 0 Å². The van der Waals surface area contributed by atoms with Crippen molar-refractivity contribution in [2.24, 2.45) is 5.73 Å². The highest BCUT2D eigenvalue weighted by atomic mass is 79.9. The Balaban J connectivity index is 2.22. The summed E-state index contributed by atoms with van der Waals surface area (Å²) in [6, 6.07) is 8.73. The Morgan fingerprint density at radius 2 is 2.17 bits per heavy atom. The number of aromatic amines is 1. The highest BCUT2D eigenvalue weighted by Gasteiger charge is 2.11. The summed E-state index contributed by atoms with van der Waals surface area (Å²) in [5.74, 6) is -0.308. The highest BCUT2D eigenvalue weighted by molar-refractivity contribution is 9.10. The summed E-state index contributed by atoms with van der Waals surface area (Å²) < 4.78 is 1.89. The fraction of sp³-hybridized carbons (Fsp3) is 0.167. The lowest BCUT2D eigenvalue weighted by molar-refractivity contribution is 0.0894. The van der Waals surface area contributed by atoms with Crippen molar-refractivity contribution < 1.29 is 4.79 Å². The topological polar surface area (TPSA) is 80.9 Å². The molecule has 2 rings (SSSR count). The van der Waals surface area contributed by atoms with E-state index in [0.29, 0.717) is 5.69 Å². The molecule has 18 heavy (non-hydrogen) atoms. The zero-order valence-corrected chi connectivity index (χ0v) is 11.1. The SMILES string of the molecule is NCc1cc(=O)n(C(=O)Cc2cccc(Br)c2)[nH]1. The van der Waals surface area contributed by atoms with E-state index in [9.17, 15) is 9.59 Å². The Hall–Kier alpha value is -1.66. The van der Waals surface area contributed by atoms with E-state index >= 15 is 0 Å². The zero-order chi connectivity index (χ0) is 13.1. The minimum absolute atomic E-state index is 0.157. The van der Waals surface area contributed by atoms with Crippen LogP contribution in [0.4, 0.5) is 0 Å². The van der Waals surface area contributed by atoms with Crippen LogP contribution >= 0.6 is 15.9 Å². The van der Waals surface area contributed by atoms with E-state index in [1.54, 1.807) is 0 Å². The van der Waals surface area contributed by atoms with Crippen molar-refractivity contribution in [3.05, 3.63) is 56.4 Å². The molecule has 1 heterocycles. The van der Waals surface area contributed by atoms with Gasteiger partial charge in [-0.15, -0.1) is 0 Å². The number of hydrogen-bond donors (Lipinski definition) is 2. The van der Waals surface area contributed by atoms with Crippen molar-refractivity contribution in [3.63, 3.8) is 0 Å². The van der Waals surface area contributed by atoms with Gasteiger partial charge in [0.05, 0.1) is 12.1 Å². The molecule has 0 unspecified atom stereocenters. The van der Waals surface area contributed by atoms with E-state index < -0.39 is 0 Å². The van der Waals surface area contributed by atoms with Crippen molar-refractivity contribution in [1.82, 2.24) is 9.78 Å². The highest BCUT2D eigenvalue weighted by Crippen LogP contribution is 2.12. The lowest BCUT2D eigenvalue weighted by atomic mass is 10.1. The van der Waals surface area contributed by atoms with Crippen molar-refractivity contribution in [1.29, 1.82) is 0 Å². The largest absolute Gasteiger partial charge is 0.325 e. The molecule has 0 amide bonds. The average molecular weight is 310 g/mol. The van der Waals surface area contributed by atoms with Gasteiger partial charge in [0.25, 0.3) is 11.5 Å². The monoisotopic (exact) mass is 309 g/mol. The molecule has 0 saturated carbocycles. The van der Waals surface area contributed by atoms with Gasteiger partial charge in [0.15, 0.2) is 0 Å². The van der Waals surface area contributed by atoms with Gasteiger partial charge in [-0.05, 0) is 17.7 Å². The summed E-state index contributed by atoms with van der Waals surface area (Å²) >= 11 is 3.33. The maximum absolute atomic E-state index is 12.0. The number of nitrogens with two attached hydrogens (primary N) is 1. The number of nitrogens with one attached hydrogen (secondary N) is 1. The number of carbonyl (C=O) groups is 1. The van der Waals surface area contributed by atoms with Crippen LogP contribution in [0.1, 0.15) is 16.1 Å². The van der Waals surface area contributed by atoms with Crippen molar-refractivity contribution in [2.45, 2.75) is 13.0 Å². The number of hydrogen-bond acceptors (Lipinski definition) is 3. The smallest absolute Gasteiger partial charge is 0.273 e. The molecule has 2 aromatic rings. The molecule has 0 aliphatic heterocycles. The van der Waals surface area contributed by atoms with Crippen molar-refractivity contribution >= 4 is 21.8 Å². The number of aromatic nitrogens is 2. The zero-order valence-electron chi connectivity index (χ0n) is 9.52. The summed E-state index contributed by atoms with van der Waals surface area (Å²) in [6.45, 7) is 0.201. The number of rotatable bonds is 3. The van der Waals surface area contributed by atoms with Gasteiger partial charge >= 0.3 is 0 Å². The Morgan fingerprint density at radius 1 is 1.39 bits per heavy atom. The first-order chi connectivity index (χ1) is 8.60. The fourth-order valence-electron chi connectivity index (χ4n) is 1.64. The predicted octanol–water partition coefficient (Wildman–Crippen LogP) is 1.28. The lowest BCUT2D eigenvalue weighted by Gasteiger charge is -2.02. The summed E-state index contributed by atoms with van der Waals surface area (Å²) in [5.41, 5.74) is 6.41. The maximum Gasteiger partial charge on any atom is 0.273 e. The molecule has 6 heteroatoms. The Bertz CT molecular complexity index is 630. The molecule has 1 aromatic carbocycles. The van der Waals surface area contributed by atoms with Gasteiger partial charge in [0, 0.05) is 17.1 Å². The van der Waals surface area contributed by atoms with Gasteiger partial charge in [0.2, 0.25) is 0 Å². The Morgan fingerprint density at radius 3 is 2.78 bits per heavy atom. The third kappa shape index (κ3) is 2.77. The quantitative estimate of drug-likeness (QED) is 0.896. The molecule has 3 N–H and O–H groups in total. The van der Waals surface area contributed by atoms with E-state index in [1.165, 1.54) is 6.07 Å². The molecule has 5 nitrogen and oxygen atoms in total. The molecular formula is C12H12BrN3O2. The molecule has 0 atom stereocenters. The molecular weight excluding hydrogens is 298 g/mol. The summed E-state index contributed by atoms with van der Waals surface area (Å²) in [7, 11) is 0. The van der Waals surface area contributed by atoms with E-state index in [-0.39, 0.29) is 24.4 Å². The van der Waals surface area contributed by atoms with Crippen LogP contribution in [0.25, 0.3) is 0 Å². The summed E-state index contributed by atoms with van der Waals surface area (Å²) in [4.78, 5) is 23.5. The van der Waals surface area contributed by atoms with Gasteiger partial charge in [-0.2, -0.15) is 4.68 Å². The molecule has 0 saturated heterocycles. The van der Waals surface area contributed by atoms with E-state index in [0.717, 1.165) is 14.7 Å². The third-order valence-corrected chi connectivity index (χ3v) is 2.98. The maximum atomic E-state index is 12.0. The molecule has 0 bridgehead atoms. The Labute approximate surface area is 112 Å². The molecule has 0 radical (unpaired) electrons. The first-order valence-electron chi connectivity index (χ1n) is 5.39. The number of benzene rings is 1. The lowest BCUT2D eigenvalue weighted by Crippen LogP contribution is -2.25. The average Bonchev–Trinajstić information content (AvgIpc) is 2.70. The van der Waals surface area contributed by atoms with Crippen molar-refractivity contribution in [3.8, 4) is 0 Å². The summed E-state index contributed by atoms with van der Waals surface area (Å²) in [6.07, 6.45) is 0.157. The molecule has 0 aliphatic carbocycles. The molecule has 1 aromatic heterocycles. The van der Waals surface area contributed by atoms with Crippen LogP contribution in [0.2, 0.25) is 0 Å². The van der Waals surface area contributed by atoms with Crippen LogP contribution in [0, 0.1) is 0 Å². The number of carbonyl (C=O) groups excluding carboxylic acids is 1. The second-order valence-corrected chi connectivity index (χ2v) is 4.78. The number of nitrogens with zero attached hydrogens (tertiary/aromatic N) is 1. The van der Waals surface area contributed by atoms with Crippen LogP contribution in [0.15, 0.2) is 39.6 Å². The fourth-order valence-corrected chi connectivity index (χ4v) is 2.08. The Kier molecular flexibility index (Phi) is 3.78. The first kappa shape index (κ1) is 12.8. The minimum Gasteiger partial charge on any atom is -0.325 e. The van der Waals surface area contributed by atoms with Gasteiger partial charge in [-0.1, -0.05) is 28.1 Å². The first-order valence-corrected chi connectivity index (χ1v) is 6.18. The standard InChI is InChI=1S/C12H12BrN3O2/c13-9-3-1-2-8(4-9)5-11(17)16-12(18)6-10(7-14)15-16/h1-4,6,15H,5,7,14H2. The van der Waals surface area contributed by atoms with Crippen LogP contribution in [0.5, 0.6) is 0 Å². The summed E-state index contributed by atoms with van der Waals surface area (Å²) in [5, 5.41) is 2.68. The minimum atomic E-state index is -0.379. The van der Waals surface area contributed by atoms with Crippen LogP contribution in [0.3, 0.4) is 0 Å². The van der Waals surface area contributed by atoms with Gasteiger partial charge in [-0.3, -0.25) is 14.7 Å². The van der Waals surface area contributed by atoms with E-state index in [1.807, 2.05) is 24.3 Å². The molecule has 0 fully saturated rings. The van der Waals surface area contributed by atoms with Gasteiger partial charge in [-0.25, -0.2) is 0 Å². The second kappa shape index (κ2) is 5.32. The van der Waals surface area contributed by atoms with Crippen LogP contribution in [-0.4, -0.2) is 15.7 Å².